The minimum Gasteiger partial charge on any atom is -0.314 e. The van der Waals surface area contributed by atoms with Crippen LogP contribution in [0.15, 0.2) is 0 Å². The third-order valence-electron chi connectivity index (χ3n) is 5.52. The molecule has 0 amide bonds. The monoisotopic (exact) mass is 234 g/mol. The Morgan fingerprint density at radius 3 is 2.53 bits per heavy atom. The molecule has 17 heavy (non-hydrogen) atoms. The van der Waals surface area contributed by atoms with Gasteiger partial charge < -0.3 is 10.2 Å². The SMILES string of the molecule is C1CN(CC2(C3CC3)CC2)CC1CNC1CC1. The number of rotatable bonds is 6. The lowest BCUT2D eigenvalue weighted by molar-refractivity contribution is 0.235. The Bertz CT molecular complexity index is 289. The Labute approximate surface area is 105 Å². The van der Waals surface area contributed by atoms with Crippen molar-refractivity contribution in [1.29, 1.82) is 0 Å². The first-order valence-electron chi connectivity index (χ1n) is 7.80. The zero-order valence-corrected chi connectivity index (χ0v) is 11.0. The van der Waals surface area contributed by atoms with Crippen molar-refractivity contribution in [2.75, 3.05) is 26.2 Å². The quantitative estimate of drug-likeness (QED) is 0.758. The number of hydrogen-bond donors (Lipinski definition) is 1. The summed E-state index contributed by atoms with van der Waals surface area (Å²) in [5, 5.41) is 3.71. The molecule has 4 fully saturated rings. The van der Waals surface area contributed by atoms with Crippen LogP contribution in [0.25, 0.3) is 0 Å². The molecule has 2 heteroatoms. The summed E-state index contributed by atoms with van der Waals surface area (Å²) in [6.07, 6.45) is 10.5. The van der Waals surface area contributed by atoms with Crippen LogP contribution >= 0.6 is 0 Å². The van der Waals surface area contributed by atoms with Crippen molar-refractivity contribution in [3.63, 3.8) is 0 Å². The van der Waals surface area contributed by atoms with Gasteiger partial charge in [0.25, 0.3) is 0 Å². The van der Waals surface area contributed by atoms with Crippen LogP contribution in [0.2, 0.25) is 0 Å². The van der Waals surface area contributed by atoms with Gasteiger partial charge in [0, 0.05) is 19.1 Å². The number of nitrogens with one attached hydrogen (secondary N) is 1. The second kappa shape index (κ2) is 3.96. The minimum atomic E-state index is 0.818. The molecule has 0 radical (unpaired) electrons. The maximum absolute atomic E-state index is 3.71. The Hall–Kier alpha value is -0.0800. The topological polar surface area (TPSA) is 15.3 Å². The first-order valence-corrected chi connectivity index (χ1v) is 7.80. The van der Waals surface area contributed by atoms with Gasteiger partial charge in [0.15, 0.2) is 0 Å². The van der Waals surface area contributed by atoms with E-state index in [0.29, 0.717) is 0 Å². The smallest absolute Gasteiger partial charge is 0.00683 e. The fourth-order valence-corrected chi connectivity index (χ4v) is 3.84. The molecule has 1 atom stereocenters. The minimum absolute atomic E-state index is 0.818. The van der Waals surface area contributed by atoms with Crippen LogP contribution in [0.3, 0.4) is 0 Å². The van der Waals surface area contributed by atoms with E-state index in [1.807, 2.05) is 0 Å². The molecule has 0 bridgehead atoms. The van der Waals surface area contributed by atoms with Crippen molar-refractivity contribution in [2.24, 2.45) is 17.3 Å². The molecule has 3 aliphatic carbocycles. The molecular formula is C15H26N2. The van der Waals surface area contributed by atoms with Gasteiger partial charge in [-0.2, -0.15) is 0 Å². The largest absolute Gasteiger partial charge is 0.314 e. The van der Waals surface area contributed by atoms with Crippen LogP contribution in [0, 0.1) is 17.3 Å². The molecule has 4 aliphatic rings. The van der Waals surface area contributed by atoms with E-state index in [4.69, 9.17) is 0 Å². The number of likely N-dealkylation sites (tertiary alicyclic amines) is 1. The van der Waals surface area contributed by atoms with Crippen molar-refractivity contribution < 1.29 is 0 Å². The fourth-order valence-electron chi connectivity index (χ4n) is 3.84. The third-order valence-corrected chi connectivity index (χ3v) is 5.52. The Balaban J connectivity index is 1.23. The molecule has 2 nitrogen and oxygen atoms in total. The maximum Gasteiger partial charge on any atom is 0.00683 e. The maximum atomic E-state index is 3.71. The van der Waals surface area contributed by atoms with E-state index in [2.05, 4.69) is 10.2 Å². The summed E-state index contributed by atoms with van der Waals surface area (Å²) in [4.78, 5) is 2.78. The molecule has 1 unspecified atom stereocenters. The molecule has 1 saturated heterocycles. The summed E-state index contributed by atoms with van der Waals surface area (Å²) >= 11 is 0. The van der Waals surface area contributed by atoms with Gasteiger partial charge in [0.1, 0.15) is 0 Å². The summed E-state index contributed by atoms with van der Waals surface area (Å²) < 4.78 is 0. The van der Waals surface area contributed by atoms with E-state index in [-0.39, 0.29) is 0 Å². The van der Waals surface area contributed by atoms with Gasteiger partial charge >= 0.3 is 0 Å². The summed E-state index contributed by atoms with van der Waals surface area (Å²) in [5.74, 6) is 2.08. The van der Waals surface area contributed by atoms with Crippen molar-refractivity contribution in [3.8, 4) is 0 Å². The Morgan fingerprint density at radius 1 is 1.06 bits per heavy atom. The lowest BCUT2D eigenvalue weighted by Crippen LogP contribution is -2.31. The summed E-state index contributed by atoms with van der Waals surface area (Å²) in [5.41, 5.74) is 0.818. The molecule has 0 aromatic heterocycles. The molecule has 96 valence electrons. The van der Waals surface area contributed by atoms with Crippen LogP contribution in [0.5, 0.6) is 0 Å². The third kappa shape index (κ3) is 2.39. The normalized spacial score (nSPS) is 36.4. The molecule has 0 aromatic carbocycles. The summed E-state index contributed by atoms with van der Waals surface area (Å²) in [6, 6.07) is 0.894. The van der Waals surface area contributed by atoms with Crippen molar-refractivity contribution in [2.45, 2.75) is 51.0 Å². The van der Waals surface area contributed by atoms with Crippen LogP contribution in [0.4, 0.5) is 0 Å². The standard InChI is InChI=1S/C15H26N2/c1-2-13(1)15(6-7-15)11-17-8-5-12(10-17)9-16-14-3-4-14/h12-14,16H,1-11H2. The number of nitrogens with zero attached hydrogens (tertiary/aromatic N) is 1. The van der Waals surface area contributed by atoms with Crippen molar-refractivity contribution >= 4 is 0 Å². The first kappa shape index (κ1) is 10.8. The van der Waals surface area contributed by atoms with E-state index in [0.717, 1.165) is 23.3 Å². The van der Waals surface area contributed by atoms with Gasteiger partial charge in [0.05, 0.1) is 0 Å². The van der Waals surface area contributed by atoms with Gasteiger partial charge in [-0.05, 0) is 75.3 Å². The van der Waals surface area contributed by atoms with Crippen LogP contribution in [0.1, 0.15) is 44.9 Å². The molecule has 0 spiro atoms. The lowest BCUT2D eigenvalue weighted by atomic mass is 10.00. The Kier molecular flexibility index (Phi) is 2.52. The average Bonchev–Trinajstić information content (AvgIpc) is 3.17. The summed E-state index contributed by atoms with van der Waals surface area (Å²) in [7, 11) is 0. The van der Waals surface area contributed by atoms with E-state index in [9.17, 15) is 0 Å². The zero-order valence-electron chi connectivity index (χ0n) is 11.0. The predicted molar refractivity (Wildman–Crippen MR) is 70.0 cm³/mol. The highest BCUT2D eigenvalue weighted by Gasteiger charge is 2.54. The predicted octanol–water partition coefficient (Wildman–Crippen LogP) is 2.25. The van der Waals surface area contributed by atoms with Crippen molar-refractivity contribution in [3.05, 3.63) is 0 Å². The fraction of sp³-hybridized carbons (Fsp3) is 1.00. The summed E-state index contributed by atoms with van der Waals surface area (Å²) in [6.45, 7) is 5.49. The molecule has 1 N–H and O–H groups in total. The molecule has 0 aromatic rings. The number of hydrogen-bond acceptors (Lipinski definition) is 2. The van der Waals surface area contributed by atoms with Gasteiger partial charge in [-0.25, -0.2) is 0 Å². The zero-order chi connectivity index (χ0) is 11.3. The highest BCUT2D eigenvalue weighted by Crippen LogP contribution is 2.61. The average molecular weight is 234 g/mol. The van der Waals surface area contributed by atoms with Crippen LogP contribution in [-0.4, -0.2) is 37.1 Å². The first-order chi connectivity index (χ1) is 8.34. The van der Waals surface area contributed by atoms with Crippen LogP contribution < -0.4 is 5.32 Å². The van der Waals surface area contributed by atoms with Gasteiger partial charge in [0.2, 0.25) is 0 Å². The van der Waals surface area contributed by atoms with E-state index < -0.39 is 0 Å². The van der Waals surface area contributed by atoms with Crippen LogP contribution in [-0.2, 0) is 0 Å². The molecule has 3 saturated carbocycles. The van der Waals surface area contributed by atoms with E-state index in [1.165, 1.54) is 45.4 Å². The molecule has 1 heterocycles. The van der Waals surface area contributed by atoms with Crippen molar-refractivity contribution in [1.82, 2.24) is 10.2 Å². The van der Waals surface area contributed by atoms with Gasteiger partial charge in [-0.1, -0.05) is 0 Å². The molecule has 1 aliphatic heterocycles. The van der Waals surface area contributed by atoms with Gasteiger partial charge in [-0.15, -0.1) is 0 Å². The highest BCUT2D eigenvalue weighted by atomic mass is 15.2. The lowest BCUT2D eigenvalue weighted by Gasteiger charge is -2.23. The molecular weight excluding hydrogens is 208 g/mol. The van der Waals surface area contributed by atoms with Gasteiger partial charge in [-0.3, -0.25) is 0 Å². The molecule has 4 rings (SSSR count). The highest BCUT2D eigenvalue weighted by molar-refractivity contribution is 5.06. The van der Waals surface area contributed by atoms with E-state index >= 15 is 0 Å². The second-order valence-electron chi connectivity index (χ2n) is 7.21. The Morgan fingerprint density at radius 2 is 1.88 bits per heavy atom. The second-order valence-corrected chi connectivity index (χ2v) is 7.21. The van der Waals surface area contributed by atoms with E-state index in [1.54, 1.807) is 25.7 Å².